The van der Waals surface area contributed by atoms with Gasteiger partial charge in [0.15, 0.2) is 0 Å². The number of carbonyl (C=O) groups excluding carboxylic acids is 2. The third-order valence-corrected chi connectivity index (χ3v) is 4.37. The highest BCUT2D eigenvalue weighted by molar-refractivity contribution is 6.31. The molecule has 0 unspecified atom stereocenters. The van der Waals surface area contributed by atoms with Crippen molar-refractivity contribution >= 4 is 29.1 Å². The molecule has 2 aromatic carbocycles. The molecule has 4 nitrogen and oxygen atoms in total. The lowest BCUT2D eigenvalue weighted by Gasteiger charge is -2.27. The van der Waals surface area contributed by atoms with Crippen molar-refractivity contribution in [3.63, 3.8) is 0 Å². The van der Waals surface area contributed by atoms with Crippen molar-refractivity contribution in [2.24, 2.45) is 0 Å². The summed E-state index contributed by atoms with van der Waals surface area (Å²) in [5.74, 6) is -0.312. The molecule has 24 heavy (non-hydrogen) atoms. The van der Waals surface area contributed by atoms with Gasteiger partial charge in [0, 0.05) is 23.7 Å². The molecule has 2 aromatic rings. The van der Waals surface area contributed by atoms with Crippen molar-refractivity contribution in [3.05, 3.63) is 64.7 Å². The smallest absolute Gasteiger partial charge is 0.255 e. The van der Waals surface area contributed by atoms with Crippen molar-refractivity contribution in [1.82, 2.24) is 4.90 Å². The van der Waals surface area contributed by atoms with Crippen LogP contribution in [0.2, 0.25) is 5.02 Å². The molecule has 0 saturated carbocycles. The first-order chi connectivity index (χ1) is 11.6. The minimum Gasteiger partial charge on any atom is -0.339 e. The van der Waals surface area contributed by atoms with E-state index in [4.69, 9.17) is 11.6 Å². The Kier molecular flexibility index (Phi) is 5.16. The lowest BCUT2D eigenvalue weighted by Crippen LogP contribution is -2.36. The predicted molar refractivity (Wildman–Crippen MR) is 95.6 cm³/mol. The maximum Gasteiger partial charge on any atom is 0.255 e. The minimum atomic E-state index is -0.281. The highest BCUT2D eigenvalue weighted by atomic mass is 35.5. The molecular formula is C19H19ClN2O2. The number of rotatable bonds is 3. The fourth-order valence-corrected chi connectivity index (χ4v) is 3.06. The minimum absolute atomic E-state index is 0.0308. The van der Waals surface area contributed by atoms with Crippen LogP contribution in [0.1, 0.15) is 40.0 Å². The summed E-state index contributed by atoms with van der Waals surface area (Å²) in [6.45, 7) is 1.55. The molecule has 124 valence electrons. The molecule has 1 fully saturated rings. The molecule has 0 aromatic heterocycles. The Balaban J connectivity index is 1.81. The first-order valence-electron chi connectivity index (χ1n) is 8.10. The summed E-state index contributed by atoms with van der Waals surface area (Å²) in [6, 6.07) is 13.9. The fourth-order valence-electron chi connectivity index (χ4n) is 2.87. The van der Waals surface area contributed by atoms with Crippen LogP contribution >= 0.6 is 11.6 Å². The average Bonchev–Trinajstić information content (AvgIpc) is 2.62. The van der Waals surface area contributed by atoms with Crippen LogP contribution in [0.5, 0.6) is 0 Å². The summed E-state index contributed by atoms with van der Waals surface area (Å²) in [4.78, 5) is 27.0. The Morgan fingerprint density at radius 1 is 0.958 bits per heavy atom. The van der Waals surface area contributed by atoms with E-state index in [1.165, 1.54) is 0 Å². The summed E-state index contributed by atoms with van der Waals surface area (Å²) in [5.41, 5.74) is 1.51. The zero-order valence-electron chi connectivity index (χ0n) is 13.3. The van der Waals surface area contributed by atoms with Gasteiger partial charge >= 0.3 is 0 Å². The van der Waals surface area contributed by atoms with Crippen LogP contribution in [0.25, 0.3) is 0 Å². The maximum absolute atomic E-state index is 12.7. The second-order valence-corrected chi connectivity index (χ2v) is 6.30. The van der Waals surface area contributed by atoms with E-state index in [0.29, 0.717) is 21.8 Å². The number of nitrogens with zero attached hydrogens (tertiary/aromatic N) is 1. The normalized spacial score (nSPS) is 14.3. The molecule has 0 spiro atoms. The number of carbonyl (C=O) groups is 2. The lowest BCUT2D eigenvalue weighted by atomic mass is 10.1. The van der Waals surface area contributed by atoms with Crippen molar-refractivity contribution in [2.75, 3.05) is 18.4 Å². The molecule has 1 aliphatic heterocycles. The summed E-state index contributed by atoms with van der Waals surface area (Å²) in [5, 5.41) is 3.33. The first kappa shape index (κ1) is 16.5. The van der Waals surface area contributed by atoms with Gasteiger partial charge in [0.1, 0.15) is 0 Å². The van der Waals surface area contributed by atoms with E-state index in [9.17, 15) is 9.59 Å². The van der Waals surface area contributed by atoms with Gasteiger partial charge < -0.3 is 10.2 Å². The quantitative estimate of drug-likeness (QED) is 0.908. The van der Waals surface area contributed by atoms with Gasteiger partial charge in [0.2, 0.25) is 0 Å². The Hall–Kier alpha value is -2.33. The monoisotopic (exact) mass is 342 g/mol. The van der Waals surface area contributed by atoms with Crippen LogP contribution in [0.4, 0.5) is 5.69 Å². The fraction of sp³-hybridized carbons (Fsp3) is 0.263. The summed E-state index contributed by atoms with van der Waals surface area (Å²) in [7, 11) is 0. The second kappa shape index (κ2) is 7.49. The van der Waals surface area contributed by atoms with E-state index < -0.39 is 0 Å². The van der Waals surface area contributed by atoms with Crippen LogP contribution < -0.4 is 5.32 Å². The SMILES string of the molecule is O=C(Nc1ccccc1C(=O)N1CCCCC1)c1cccc(Cl)c1. The Morgan fingerprint density at radius 3 is 2.46 bits per heavy atom. The molecule has 3 rings (SSSR count). The molecule has 1 saturated heterocycles. The number of hydrogen-bond donors (Lipinski definition) is 1. The van der Waals surface area contributed by atoms with E-state index in [0.717, 1.165) is 32.4 Å². The number of hydrogen-bond acceptors (Lipinski definition) is 2. The van der Waals surface area contributed by atoms with Gasteiger partial charge in [-0.15, -0.1) is 0 Å². The van der Waals surface area contributed by atoms with Crippen LogP contribution in [-0.2, 0) is 0 Å². The molecule has 0 bridgehead atoms. The highest BCUT2D eigenvalue weighted by Gasteiger charge is 2.21. The van der Waals surface area contributed by atoms with Crippen LogP contribution in [-0.4, -0.2) is 29.8 Å². The van der Waals surface area contributed by atoms with E-state index in [2.05, 4.69) is 5.32 Å². The van der Waals surface area contributed by atoms with Gasteiger partial charge in [-0.2, -0.15) is 0 Å². The zero-order valence-corrected chi connectivity index (χ0v) is 14.1. The van der Waals surface area contributed by atoms with Gasteiger partial charge in [-0.1, -0.05) is 29.8 Å². The summed E-state index contributed by atoms with van der Waals surface area (Å²) < 4.78 is 0. The summed E-state index contributed by atoms with van der Waals surface area (Å²) in [6.07, 6.45) is 3.22. The van der Waals surface area contributed by atoms with Gasteiger partial charge in [-0.3, -0.25) is 9.59 Å². The van der Waals surface area contributed by atoms with E-state index in [1.807, 2.05) is 11.0 Å². The molecule has 1 aliphatic rings. The van der Waals surface area contributed by atoms with Crippen molar-refractivity contribution in [2.45, 2.75) is 19.3 Å². The standard InChI is InChI=1S/C19H19ClN2O2/c20-15-8-6-7-14(13-15)18(23)21-17-10-3-2-9-16(17)19(24)22-11-4-1-5-12-22/h2-3,6-10,13H,1,4-5,11-12H2,(H,21,23). The predicted octanol–water partition coefficient (Wildman–Crippen LogP) is 4.22. The topological polar surface area (TPSA) is 49.4 Å². The molecular weight excluding hydrogens is 324 g/mol. The van der Waals surface area contributed by atoms with Crippen LogP contribution in [0.3, 0.4) is 0 Å². The molecule has 0 radical (unpaired) electrons. The number of nitrogens with one attached hydrogen (secondary N) is 1. The molecule has 1 heterocycles. The number of amides is 2. The third-order valence-electron chi connectivity index (χ3n) is 4.14. The number of anilines is 1. The zero-order chi connectivity index (χ0) is 16.9. The number of piperidine rings is 1. The number of halogens is 1. The molecule has 5 heteroatoms. The van der Waals surface area contributed by atoms with Gasteiger partial charge in [-0.25, -0.2) is 0 Å². The van der Waals surface area contributed by atoms with Crippen LogP contribution in [0.15, 0.2) is 48.5 Å². The van der Waals surface area contributed by atoms with E-state index in [-0.39, 0.29) is 11.8 Å². The second-order valence-electron chi connectivity index (χ2n) is 5.86. The number of likely N-dealkylation sites (tertiary alicyclic amines) is 1. The third kappa shape index (κ3) is 3.77. The molecule has 0 aliphatic carbocycles. The van der Waals surface area contributed by atoms with Crippen LogP contribution in [0, 0.1) is 0 Å². The Bertz CT molecular complexity index is 755. The van der Waals surface area contributed by atoms with Gasteiger partial charge in [0.05, 0.1) is 11.3 Å². The molecule has 0 atom stereocenters. The number of benzene rings is 2. The highest BCUT2D eigenvalue weighted by Crippen LogP contribution is 2.21. The van der Waals surface area contributed by atoms with Crippen molar-refractivity contribution in [3.8, 4) is 0 Å². The Morgan fingerprint density at radius 2 is 1.71 bits per heavy atom. The van der Waals surface area contributed by atoms with Gasteiger partial charge in [0.25, 0.3) is 11.8 Å². The van der Waals surface area contributed by atoms with Gasteiger partial charge in [-0.05, 0) is 49.6 Å². The largest absolute Gasteiger partial charge is 0.339 e. The lowest BCUT2D eigenvalue weighted by molar-refractivity contribution is 0.0725. The average molecular weight is 343 g/mol. The van der Waals surface area contributed by atoms with Crippen molar-refractivity contribution in [1.29, 1.82) is 0 Å². The maximum atomic E-state index is 12.7. The Labute approximate surface area is 146 Å². The first-order valence-corrected chi connectivity index (χ1v) is 8.48. The van der Waals surface area contributed by atoms with E-state index in [1.54, 1.807) is 42.5 Å². The van der Waals surface area contributed by atoms with Crippen molar-refractivity contribution < 1.29 is 9.59 Å². The molecule has 1 N–H and O–H groups in total. The summed E-state index contributed by atoms with van der Waals surface area (Å²) >= 11 is 5.93. The molecule has 2 amide bonds. The van der Waals surface area contributed by atoms with E-state index >= 15 is 0 Å². The number of para-hydroxylation sites is 1.